The summed E-state index contributed by atoms with van der Waals surface area (Å²) in [5.74, 6) is 0.436. The first kappa shape index (κ1) is 24.6. The van der Waals surface area contributed by atoms with Gasteiger partial charge in [0.05, 0.1) is 5.56 Å². The molecule has 3 aromatic rings. The van der Waals surface area contributed by atoms with Crippen LogP contribution < -0.4 is 4.74 Å². The zero-order chi connectivity index (χ0) is 26.2. The number of para-hydroxylation sites is 1. The molecule has 1 aliphatic carbocycles. The van der Waals surface area contributed by atoms with Crippen molar-refractivity contribution in [2.24, 2.45) is 10.8 Å². The monoisotopic (exact) mass is 493 g/mol. The van der Waals surface area contributed by atoms with Crippen LogP contribution in [0.3, 0.4) is 0 Å². The lowest BCUT2D eigenvalue weighted by atomic mass is 9.58. The van der Waals surface area contributed by atoms with Crippen LogP contribution in [0.25, 0.3) is 5.57 Å². The molecule has 0 fully saturated rings. The van der Waals surface area contributed by atoms with E-state index in [0.29, 0.717) is 24.4 Å². The molecular formula is C32H31NO4. The molecule has 0 radical (unpaired) electrons. The number of nitrogens with zero attached hydrogens (tertiary/aromatic N) is 1. The molecule has 0 saturated heterocycles. The molecule has 0 unspecified atom stereocenters. The first-order valence-corrected chi connectivity index (χ1v) is 12.6. The van der Waals surface area contributed by atoms with E-state index in [-0.39, 0.29) is 22.3 Å². The summed E-state index contributed by atoms with van der Waals surface area (Å²) < 4.78 is 5.94. The van der Waals surface area contributed by atoms with Gasteiger partial charge in [-0.05, 0) is 60.0 Å². The summed E-state index contributed by atoms with van der Waals surface area (Å²) in [5.41, 5.74) is 4.03. The Kier molecular flexibility index (Phi) is 6.24. The average molecular weight is 494 g/mol. The Morgan fingerprint density at radius 1 is 0.838 bits per heavy atom. The van der Waals surface area contributed by atoms with Crippen molar-refractivity contribution < 1.29 is 19.4 Å². The number of carboxylic acids is 1. The predicted octanol–water partition coefficient (Wildman–Crippen LogP) is 7.08. The van der Waals surface area contributed by atoms with Crippen LogP contribution in [0.1, 0.15) is 53.5 Å². The molecule has 2 aliphatic rings. The molecule has 1 N–H and O–H groups in total. The maximum absolute atomic E-state index is 13.5. The highest BCUT2D eigenvalue weighted by Crippen LogP contribution is 2.55. The number of fused-ring (bicyclic) bond motifs is 1. The Labute approximate surface area is 217 Å². The zero-order valence-electron chi connectivity index (χ0n) is 21.4. The lowest BCUT2D eigenvalue weighted by molar-refractivity contribution is 0.0678. The summed E-state index contributed by atoms with van der Waals surface area (Å²) >= 11 is 0. The molecule has 3 aromatic carbocycles. The SMILES string of the molecule is CC1(C)C(c2ccc(C(=O)O)cc2)=CC[C@]2(C)CN(C(=O)c3cccc(Oc4ccccc4)c3)CC=C12. The van der Waals surface area contributed by atoms with Crippen molar-refractivity contribution in [3.63, 3.8) is 0 Å². The quantitative estimate of drug-likeness (QED) is 0.386. The van der Waals surface area contributed by atoms with E-state index in [1.165, 1.54) is 11.1 Å². The fourth-order valence-corrected chi connectivity index (χ4v) is 5.86. The van der Waals surface area contributed by atoms with Crippen molar-refractivity contribution in [3.8, 4) is 11.5 Å². The first-order chi connectivity index (χ1) is 17.7. The highest BCUT2D eigenvalue weighted by atomic mass is 16.5. The van der Waals surface area contributed by atoms with Crippen molar-refractivity contribution in [1.82, 2.24) is 4.90 Å². The molecule has 0 saturated carbocycles. The third kappa shape index (κ3) is 4.69. The van der Waals surface area contributed by atoms with Crippen LogP contribution in [0, 0.1) is 10.8 Å². The molecule has 1 aliphatic heterocycles. The summed E-state index contributed by atoms with van der Waals surface area (Å²) in [6.45, 7) is 7.84. The van der Waals surface area contributed by atoms with E-state index in [2.05, 4.69) is 32.9 Å². The number of rotatable bonds is 5. The van der Waals surface area contributed by atoms with Gasteiger partial charge in [0.1, 0.15) is 11.5 Å². The molecule has 5 heteroatoms. The molecule has 1 amide bonds. The highest BCUT2D eigenvalue weighted by molar-refractivity contribution is 5.95. The molecule has 5 rings (SSSR count). The van der Waals surface area contributed by atoms with Gasteiger partial charge in [-0.15, -0.1) is 0 Å². The van der Waals surface area contributed by atoms with E-state index >= 15 is 0 Å². The Morgan fingerprint density at radius 3 is 2.24 bits per heavy atom. The van der Waals surface area contributed by atoms with Crippen LogP contribution in [0.15, 0.2) is 96.6 Å². The molecule has 1 heterocycles. The Hall–Kier alpha value is -4.12. The van der Waals surface area contributed by atoms with E-state index in [9.17, 15) is 14.7 Å². The second-order valence-corrected chi connectivity index (χ2v) is 10.6. The number of carboxylic acid groups (broad SMARTS) is 1. The smallest absolute Gasteiger partial charge is 0.335 e. The molecule has 0 spiro atoms. The Bertz CT molecular complexity index is 1400. The Balaban J connectivity index is 1.36. The van der Waals surface area contributed by atoms with E-state index in [0.717, 1.165) is 17.7 Å². The van der Waals surface area contributed by atoms with Gasteiger partial charge in [-0.1, -0.05) is 74.9 Å². The molecule has 5 nitrogen and oxygen atoms in total. The summed E-state index contributed by atoms with van der Waals surface area (Å²) in [5, 5.41) is 9.25. The first-order valence-electron chi connectivity index (χ1n) is 12.6. The number of amides is 1. The van der Waals surface area contributed by atoms with Crippen molar-refractivity contribution in [1.29, 1.82) is 0 Å². The van der Waals surface area contributed by atoms with Gasteiger partial charge < -0.3 is 14.7 Å². The van der Waals surface area contributed by atoms with Crippen molar-refractivity contribution >= 4 is 17.4 Å². The van der Waals surface area contributed by atoms with E-state index in [1.54, 1.807) is 18.2 Å². The van der Waals surface area contributed by atoms with Gasteiger partial charge in [0.15, 0.2) is 0 Å². The number of hydrogen-bond acceptors (Lipinski definition) is 3. The number of benzene rings is 3. The second kappa shape index (κ2) is 9.40. The molecule has 188 valence electrons. The van der Waals surface area contributed by atoms with Crippen LogP contribution in [-0.2, 0) is 0 Å². The van der Waals surface area contributed by atoms with Gasteiger partial charge in [-0.25, -0.2) is 4.79 Å². The van der Waals surface area contributed by atoms with Crippen molar-refractivity contribution in [3.05, 3.63) is 113 Å². The third-order valence-electron chi connectivity index (χ3n) is 7.60. The predicted molar refractivity (Wildman–Crippen MR) is 145 cm³/mol. The third-order valence-corrected chi connectivity index (χ3v) is 7.60. The average Bonchev–Trinajstić information content (AvgIpc) is 2.88. The molecule has 37 heavy (non-hydrogen) atoms. The van der Waals surface area contributed by atoms with Gasteiger partial charge in [-0.2, -0.15) is 0 Å². The minimum atomic E-state index is -0.923. The van der Waals surface area contributed by atoms with E-state index < -0.39 is 5.97 Å². The number of allylic oxidation sites excluding steroid dienone is 2. The van der Waals surface area contributed by atoms with Crippen LogP contribution in [-0.4, -0.2) is 35.0 Å². The van der Waals surface area contributed by atoms with Crippen LogP contribution >= 0.6 is 0 Å². The summed E-state index contributed by atoms with van der Waals surface area (Å²) in [6.07, 6.45) is 5.28. The lowest BCUT2D eigenvalue weighted by Crippen LogP contribution is -2.48. The van der Waals surface area contributed by atoms with Gasteiger partial charge in [0.2, 0.25) is 0 Å². The standard InChI is InChI=1S/C32H31NO4/c1-31(2)27(22-12-14-23(15-13-22)30(35)36)16-18-32(3)21-33(19-17-28(31)32)29(34)24-8-7-11-26(20-24)37-25-9-5-4-6-10-25/h4-17,20H,18-19,21H2,1-3H3,(H,35,36)/t32-/m1/s1. The van der Waals surface area contributed by atoms with Gasteiger partial charge in [0, 0.05) is 29.5 Å². The minimum Gasteiger partial charge on any atom is -0.478 e. The number of hydrogen-bond donors (Lipinski definition) is 1. The van der Waals surface area contributed by atoms with Gasteiger partial charge in [0.25, 0.3) is 5.91 Å². The second-order valence-electron chi connectivity index (χ2n) is 10.6. The zero-order valence-corrected chi connectivity index (χ0v) is 21.4. The van der Waals surface area contributed by atoms with Gasteiger partial charge >= 0.3 is 5.97 Å². The normalized spacial score (nSPS) is 20.4. The summed E-state index contributed by atoms with van der Waals surface area (Å²) in [6, 6.07) is 24.0. The number of ether oxygens (including phenoxy) is 1. The van der Waals surface area contributed by atoms with Crippen LogP contribution in [0.5, 0.6) is 11.5 Å². The van der Waals surface area contributed by atoms with Crippen LogP contribution in [0.4, 0.5) is 0 Å². The minimum absolute atomic E-state index is 0.00752. The molecule has 1 atom stereocenters. The fraction of sp³-hybridized carbons (Fsp3) is 0.250. The van der Waals surface area contributed by atoms with Crippen molar-refractivity contribution in [2.45, 2.75) is 27.2 Å². The van der Waals surface area contributed by atoms with Crippen LogP contribution in [0.2, 0.25) is 0 Å². The number of carbonyl (C=O) groups excluding carboxylic acids is 1. The Morgan fingerprint density at radius 2 is 1.54 bits per heavy atom. The topological polar surface area (TPSA) is 66.8 Å². The lowest BCUT2D eigenvalue weighted by Gasteiger charge is -2.50. The highest BCUT2D eigenvalue weighted by Gasteiger charge is 2.46. The largest absolute Gasteiger partial charge is 0.478 e. The summed E-state index contributed by atoms with van der Waals surface area (Å²) in [4.78, 5) is 26.7. The number of carbonyl (C=O) groups is 2. The maximum Gasteiger partial charge on any atom is 0.335 e. The molecular weight excluding hydrogens is 462 g/mol. The van der Waals surface area contributed by atoms with Gasteiger partial charge in [-0.3, -0.25) is 4.79 Å². The maximum atomic E-state index is 13.5. The fourth-order valence-electron chi connectivity index (χ4n) is 5.86. The van der Waals surface area contributed by atoms with E-state index in [1.807, 2.05) is 65.6 Å². The van der Waals surface area contributed by atoms with Crippen molar-refractivity contribution in [2.75, 3.05) is 13.1 Å². The summed E-state index contributed by atoms with van der Waals surface area (Å²) in [7, 11) is 0. The number of aromatic carboxylic acids is 1. The molecule has 0 bridgehead atoms. The van der Waals surface area contributed by atoms with E-state index in [4.69, 9.17) is 4.74 Å². The molecule has 0 aromatic heterocycles.